The molecular weight excluding hydrogens is 321 g/mol. The van der Waals surface area contributed by atoms with E-state index in [0.29, 0.717) is 0 Å². The molecule has 1 fully saturated rings. The Balaban J connectivity index is 1.58. The molecule has 0 spiro atoms. The molecule has 1 aliphatic rings. The fraction of sp³-hybridized carbons (Fsp3) is 0.316. The Labute approximate surface area is 148 Å². The average molecular weight is 344 g/mol. The minimum Gasteiger partial charge on any atom is -0.332 e. The van der Waals surface area contributed by atoms with Gasteiger partial charge in [0.2, 0.25) is 0 Å². The van der Waals surface area contributed by atoms with Gasteiger partial charge in [0.05, 0.1) is 6.54 Å². The number of hydrogen-bond donors (Lipinski definition) is 2. The topological polar surface area (TPSA) is 19.7 Å². The lowest BCUT2D eigenvalue weighted by atomic mass is 10.2. The number of thiocarbonyl (C=S) groups is 1. The first-order valence-corrected chi connectivity index (χ1v) is 8.71. The Kier molecular flexibility index (Phi) is 5.43. The van der Waals surface area contributed by atoms with Crippen molar-refractivity contribution < 1.29 is 9.29 Å². The van der Waals surface area contributed by atoms with Crippen LogP contribution in [0.2, 0.25) is 0 Å². The van der Waals surface area contributed by atoms with E-state index < -0.39 is 0 Å². The molecule has 1 saturated heterocycles. The van der Waals surface area contributed by atoms with Crippen LogP contribution in [-0.4, -0.2) is 29.8 Å². The third-order valence-corrected chi connectivity index (χ3v) is 4.66. The van der Waals surface area contributed by atoms with Crippen molar-refractivity contribution in [2.45, 2.75) is 19.9 Å². The lowest BCUT2D eigenvalue weighted by molar-refractivity contribution is -0.927. The SMILES string of the molecule is Cc1cccc(NC(=S)N2CCC[NH+](Cc3ccc(F)cc3)C2)c1. The van der Waals surface area contributed by atoms with E-state index in [1.165, 1.54) is 22.6 Å². The van der Waals surface area contributed by atoms with Crippen molar-refractivity contribution in [1.82, 2.24) is 4.90 Å². The number of hydrogen-bond acceptors (Lipinski definition) is 1. The maximum atomic E-state index is 13.0. The van der Waals surface area contributed by atoms with Gasteiger partial charge in [-0.25, -0.2) is 4.39 Å². The van der Waals surface area contributed by atoms with Gasteiger partial charge in [-0.2, -0.15) is 0 Å². The van der Waals surface area contributed by atoms with Gasteiger partial charge in [-0.1, -0.05) is 24.3 Å². The molecule has 0 aliphatic carbocycles. The average Bonchev–Trinajstić information content (AvgIpc) is 2.57. The first-order valence-electron chi connectivity index (χ1n) is 8.31. The maximum absolute atomic E-state index is 13.0. The van der Waals surface area contributed by atoms with Crippen molar-refractivity contribution in [2.75, 3.05) is 25.1 Å². The number of benzene rings is 2. The summed E-state index contributed by atoms with van der Waals surface area (Å²) < 4.78 is 13.0. The minimum atomic E-state index is -0.183. The minimum absolute atomic E-state index is 0.183. The highest BCUT2D eigenvalue weighted by Gasteiger charge is 2.22. The largest absolute Gasteiger partial charge is 0.332 e. The van der Waals surface area contributed by atoms with Crippen molar-refractivity contribution in [3.05, 3.63) is 65.5 Å². The number of quaternary nitrogens is 1. The molecule has 5 heteroatoms. The summed E-state index contributed by atoms with van der Waals surface area (Å²) in [6.07, 6.45) is 1.10. The number of anilines is 1. The number of halogens is 1. The molecule has 0 aromatic heterocycles. The summed E-state index contributed by atoms with van der Waals surface area (Å²) in [6, 6.07) is 15.0. The predicted octanol–water partition coefficient (Wildman–Crippen LogP) is 2.58. The van der Waals surface area contributed by atoms with Crippen molar-refractivity contribution >= 4 is 23.0 Å². The van der Waals surface area contributed by atoms with Crippen LogP contribution in [0.4, 0.5) is 10.1 Å². The van der Waals surface area contributed by atoms with Gasteiger partial charge >= 0.3 is 0 Å². The zero-order chi connectivity index (χ0) is 16.9. The van der Waals surface area contributed by atoms with Crippen LogP contribution in [-0.2, 0) is 6.54 Å². The highest BCUT2D eigenvalue weighted by molar-refractivity contribution is 7.80. The van der Waals surface area contributed by atoms with E-state index in [0.717, 1.165) is 49.1 Å². The van der Waals surface area contributed by atoms with E-state index in [2.05, 4.69) is 29.3 Å². The molecule has 24 heavy (non-hydrogen) atoms. The van der Waals surface area contributed by atoms with Crippen molar-refractivity contribution in [2.24, 2.45) is 0 Å². The van der Waals surface area contributed by atoms with E-state index in [1.54, 1.807) is 0 Å². The molecule has 0 amide bonds. The van der Waals surface area contributed by atoms with Gasteiger partial charge in [0.15, 0.2) is 11.8 Å². The first kappa shape index (κ1) is 16.9. The Morgan fingerprint density at radius 3 is 2.79 bits per heavy atom. The highest BCUT2D eigenvalue weighted by Crippen LogP contribution is 2.11. The number of nitrogens with one attached hydrogen (secondary N) is 2. The van der Waals surface area contributed by atoms with Crippen LogP contribution in [0.3, 0.4) is 0 Å². The molecule has 1 aliphatic heterocycles. The summed E-state index contributed by atoms with van der Waals surface area (Å²) in [5.41, 5.74) is 3.40. The van der Waals surface area contributed by atoms with E-state index in [1.807, 2.05) is 24.3 Å². The fourth-order valence-corrected chi connectivity index (χ4v) is 3.36. The molecule has 2 aromatic carbocycles. The summed E-state index contributed by atoms with van der Waals surface area (Å²) in [6.45, 7) is 5.92. The summed E-state index contributed by atoms with van der Waals surface area (Å²) in [4.78, 5) is 3.67. The fourth-order valence-electron chi connectivity index (χ4n) is 3.08. The van der Waals surface area contributed by atoms with Crippen molar-refractivity contribution in [1.29, 1.82) is 0 Å². The first-order chi connectivity index (χ1) is 11.6. The van der Waals surface area contributed by atoms with Crippen LogP contribution in [0.1, 0.15) is 17.5 Å². The van der Waals surface area contributed by atoms with E-state index in [4.69, 9.17) is 12.2 Å². The van der Waals surface area contributed by atoms with Crippen LogP contribution in [0.25, 0.3) is 0 Å². The van der Waals surface area contributed by atoms with Crippen LogP contribution in [0.5, 0.6) is 0 Å². The lowest BCUT2D eigenvalue weighted by Crippen LogP contribution is -3.13. The van der Waals surface area contributed by atoms with Crippen LogP contribution in [0, 0.1) is 12.7 Å². The summed E-state index contributed by atoms with van der Waals surface area (Å²) in [7, 11) is 0. The molecule has 1 atom stereocenters. The van der Waals surface area contributed by atoms with Gasteiger partial charge in [-0.15, -0.1) is 0 Å². The second kappa shape index (κ2) is 7.73. The van der Waals surface area contributed by atoms with Gasteiger partial charge in [0, 0.05) is 24.2 Å². The number of nitrogens with zero attached hydrogens (tertiary/aromatic N) is 1. The van der Waals surface area contributed by atoms with Crippen molar-refractivity contribution in [3.8, 4) is 0 Å². The van der Waals surface area contributed by atoms with Crippen LogP contribution < -0.4 is 10.2 Å². The molecule has 0 saturated carbocycles. The molecule has 1 heterocycles. The zero-order valence-electron chi connectivity index (χ0n) is 13.9. The van der Waals surface area contributed by atoms with Gasteiger partial charge in [-0.3, -0.25) is 0 Å². The van der Waals surface area contributed by atoms with Crippen LogP contribution >= 0.6 is 12.2 Å². The Hall–Kier alpha value is -1.98. The molecular formula is C19H23FN3S+. The van der Waals surface area contributed by atoms with E-state index >= 15 is 0 Å². The second-order valence-electron chi connectivity index (χ2n) is 6.38. The monoisotopic (exact) mass is 344 g/mol. The lowest BCUT2D eigenvalue weighted by Gasteiger charge is -2.34. The Bertz CT molecular complexity index is 702. The molecule has 1 unspecified atom stereocenters. The molecule has 3 rings (SSSR count). The van der Waals surface area contributed by atoms with Crippen molar-refractivity contribution in [3.63, 3.8) is 0 Å². The molecule has 3 nitrogen and oxygen atoms in total. The maximum Gasteiger partial charge on any atom is 0.177 e. The molecule has 126 valence electrons. The summed E-state index contributed by atoms with van der Waals surface area (Å²) >= 11 is 5.59. The number of rotatable bonds is 3. The summed E-state index contributed by atoms with van der Waals surface area (Å²) in [5, 5.41) is 4.11. The quantitative estimate of drug-likeness (QED) is 0.835. The van der Waals surface area contributed by atoms with Gasteiger partial charge in [0.25, 0.3) is 0 Å². The normalized spacial score (nSPS) is 17.6. The van der Waals surface area contributed by atoms with Gasteiger partial charge in [-0.05, 0) is 49.0 Å². The number of aryl methyl sites for hydroxylation is 1. The molecule has 0 radical (unpaired) electrons. The van der Waals surface area contributed by atoms with E-state index in [-0.39, 0.29) is 5.82 Å². The summed E-state index contributed by atoms with van der Waals surface area (Å²) in [5.74, 6) is -0.183. The molecule has 0 bridgehead atoms. The second-order valence-corrected chi connectivity index (χ2v) is 6.76. The smallest absolute Gasteiger partial charge is 0.177 e. The predicted molar refractivity (Wildman–Crippen MR) is 99.5 cm³/mol. The van der Waals surface area contributed by atoms with Gasteiger partial charge in [0.1, 0.15) is 12.4 Å². The zero-order valence-corrected chi connectivity index (χ0v) is 14.7. The standard InChI is InChI=1S/C19H22FN3S/c1-15-4-2-5-18(12-15)21-19(24)23-11-3-10-22(14-23)13-16-6-8-17(20)9-7-16/h2,4-9,12H,3,10-11,13-14H2,1H3,(H,21,24)/p+1. The highest BCUT2D eigenvalue weighted by atomic mass is 32.1. The Morgan fingerprint density at radius 1 is 1.25 bits per heavy atom. The Morgan fingerprint density at radius 2 is 2.04 bits per heavy atom. The third-order valence-electron chi connectivity index (χ3n) is 4.30. The van der Waals surface area contributed by atoms with E-state index in [9.17, 15) is 4.39 Å². The molecule has 2 aromatic rings. The molecule has 2 N–H and O–H groups in total. The third kappa shape index (κ3) is 4.52. The van der Waals surface area contributed by atoms with Gasteiger partial charge < -0.3 is 15.1 Å². The van der Waals surface area contributed by atoms with Crippen LogP contribution in [0.15, 0.2) is 48.5 Å².